The van der Waals surface area contributed by atoms with E-state index in [2.05, 4.69) is 10.1 Å². The normalized spacial score (nSPS) is 10.8. The number of ether oxygens (including phenoxy) is 1. The smallest absolute Gasteiger partial charge is 0.407 e. The molecule has 0 fully saturated rings. The second kappa shape index (κ2) is 10.3. The van der Waals surface area contributed by atoms with Crippen LogP contribution >= 0.6 is 0 Å². The topological polar surface area (TPSA) is 38.3 Å². The highest BCUT2D eigenvalue weighted by molar-refractivity contribution is 5.67. The van der Waals surface area contributed by atoms with E-state index in [-0.39, 0.29) is 12.1 Å². The molecule has 0 aliphatic heterocycles. The third-order valence-corrected chi connectivity index (χ3v) is 1.25. The largest absolute Gasteiger partial charge is 0.450 e. The summed E-state index contributed by atoms with van der Waals surface area (Å²) in [5.41, 5.74) is 0. The predicted molar refractivity (Wildman–Crippen MR) is 51.3 cm³/mol. The van der Waals surface area contributed by atoms with Crippen LogP contribution in [0.2, 0.25) is 0 Å². The molecule has 0 aromatic carbocycles. The zero-order valence-corrected chi connectivity index (χ0v) is 8.81. The molecule has 74 valence electrons. The Bertz CT molecular complexity index is 105. The van der Waals surface area contributed by atoms with Gasteiger partial charge in [-0.25, -0.2) is 4.79 Å². The van der Waals surface area contributed by atoms with Crippen LogP contribution in [0.25, 0.3) is 0 Å². The Balaban J connectivity index is 0. The van der Waals surface area contributed by atoms with Gasteiger partial charge in [0.1, 0.15) is 0 Å². The molecule has 0 radical (unpaired) electrons. The first-order valence-electron chi connectivity index (χ1n) is 4.64. The van der Waals surface area contributed by atoms with Gasteiger partial charge in [0.2, 0.25) is 0 Å². The van der Waals surface area contributed by atoms with Crippen molar-refractivity contribution in [3.8, 4) is 0 Å². The fourth-order valence-electron chi connectivity index (χ4n) is 0.476. The third kappa shape index (κ3) is 9.27. The molecule has 0 rings (SSSR count). The molecule has 3 nitrogen and oxygen atoms in total. The van der Waals surface area contributed by atoms with Gasteiger partial charge in [-0.15, -0.1) is 0 Å². The minimum atomic E-state index is -0.322. The van der Waals surface area contributed by atoms with Crippen LogP contribution in [0.15, 0.2) is 0 Å². The van der Waals surface area contributed by atoms with Crippen LogP contribution in [-0.4, -0.2) is 18.7 Å². The van der Waals surface area contributed by atoms with Gasteiger partial charge in [0.15, 0.2) is 0 Å². The van der Waals surface area contributed by atoms with Gasteiger partial charge < -0.3 is 10.1 Å². The lowest BCUT2D eigenvalue weighted by molar-refractivity contribution is 0.148. The summed E-state index contributed by atoms with van der Waals surface area (Å²) < 4.78 is 4.66. The second-order valence-corrected chi connectivity index (χ2v) is 2.17. The molecule has 1 N–H and O–H groups in total. The van der Waals surface area contributed by atoms with Gasteiger partial charge in [-0.1, -0.05) is 20.8 Å². The summed E-state index contributed by atoms with van der Waals surface area (Å²) in [5, 5.41) is 2.67. The van der Waals surface area contributed by atoms with Gasteiger partial charge in [0.25, 0.3) is 0 Å². The molecule has 0 spiro atoms. The quantitative estimate of drug-likeness (QED) is 0.716. The van der Waals surface area contributed by atoms with Crippen molar-refractivity contribution in [2.45, 2.75) is 47.1 Å². The Hall–Kier alpha value is -0.730. The SMILES string of the molecule is CC.CCOC(=O)NC(C)CC. The lowest BCUT2D eigenvalue weighted by Gasteiger charge is -2.09. The predicted octanol–water partition coefficient (Wildman–Crippen LogP) is 2.56. The fraction of sp³-hybridized carbons (Fsp3) is 0.889. The van der Waals surface area contributed by atoms with E-state index in [0.717, 1.165) is 6.42 Å². The number of hydrogen-bond acceptors (Lipinski definition) is 2. The zero-order valence-electron chi connectivity index (χ0n) is 8.81. The van der Waals surface area contributed by atoms with E-state index in [9.17, 15) is 4.79 Å². The van der Waals surface area contributed by atoms with Crippen LogP contribution in [0.4, 0.5) is 4.79 Å². The monoisotopic (exact) mass is 175 g/mol. The van der Waals surface area contributed by atoms with Gasteiger partial charge in [0, 0.05) is 6.04 Å². The number of rotatable bonds is 3. The minimum absolute atomic E-state index is 0.207. The molecule has 0 saturated heterocycles. The van der Waals surface area contributed by atoms with Crippen LogP contribution in [0.5, 0.6) is 0 Å². The summed E-state index contributed by atoms with van der Waals surface area (Å²) in [5.74, 6) is 0. The molecule has 0 aromatic rings. The van der Waals surface area contributed by atoms with Gasteiger partial charge >= 0.3 is 6.09 Å². The standard InChI is InChI=1S/C7H15NO2.C2H6/c1-4-6(3)8-7(9)10-5-2;1-2/h6H,4-5H2,1-3H3,(H,8,9);1-2H3. The number of hydrogen-bond donors (Lipinski definition) is 1. The van der Waals surface area contributed by atoms with Crippen LogP contribution in [0.1, 0.15) is 41.0 Å². The highest BCUT2D eigenvalue weighted by Crippen LogP contribution is 1.88. The Morgan fingerprint density at radius 1 is 1.42 bits per heavy atom. The molecular weight excluding hydrogens is 154 g/mol. The van der Waals surface area contributed by atoms with Crippen LogP contribution in [0, 0.1) is 0 Å². The van der Waals surface area contributed by atoms with Gasteiger partial charge in [-0.3, -0.25) is 0 Å². The minimum Gasteiger partial charge on any atom is -0.450 e. The molecule has 3 heteroatoms. The van der Waals surface area contributed by atoms with Crippen molar-refractivity contribution < 1.29 is 9.53 Å². The van der Waals surface area contributed by atoms with Crippen molar-refractivity contribution in [2.24, 2.45) is 0 Å². The summed E-state index contributed by atoms with van der Waals surface area (Å²) >= 11 is 0. The summed E-state index contributed by atoms with van der Waals surface area (Å²) in [7, 11) is 0. The van der Waals surface area contributed by atoms with E-state index in [4.69, 9.17) is 0 Å². The summed E-state index contributed by atoms with van der Waals surface area (Å²) in [6, 6.07) is 0.207. The zero-order chi connectivity index (χ0) is 9.98. The maximum absolute atomic E-state index is 10.7. The Kier molecular flexibility index (Phi) is 11.8. The average molecular weight is 175 g/mol. The molecular formula is C9H21NO2. The lowest BCUT2D eigenvalue weighted by Crippen LogP contribution is -2.32. The molecule has 1 amide bonds. The molecule has 0 bridgehead atoms. The van der Waals surface area contributed by atoms with Crippen molar-refractivity contribution in [2.75, 3.05) is 6.61 Å². The molecule has 1 atom stereocenters. The number of carbonyl (C=O) groups is 1. The molecule has 0 aliphatic rings. The van der Waals surface area contributed by atoms with Crippen LogP contribution in [-0.2, 0) is 4.74 Å². The fourth-order valence-corrected chi connectivity index (χ4v) is 0.476. The van der Waals surface area contributed by atoms with Crippen LogP contribution in [0.3, 0.4) is 0 Å². The van der Waals surface area contributed by atoms with Gasteiger partial charge in [-0.05, 0) is 20.3 Å². The molecule has 0 saturated carbocycles. The first-order chi connectivity index (χ1) is 5.70. The highest BCUT2D eigenvalue weighted by atomic mass is 16.5. The Labute approximate surface area is 75.5 Å². The molecule has 12 heavy (non-hydrogen) atoms. The Morgan fingerprint density at radius 3 is 2.25 bits per heavy atom. The van der Waals surface area contributed by atoms with E-state index in [1.807, 2.05) is 27.7 Å². The van der Waals surface area contributed by atoms with Crippen molar-refractivity contribution in [3.05, 3.63) is 0 Å². The number of carbonyl (C=O) groups excluding carboxylic acids is 1. The first-order valence-corrected chi connectivity index (χ1v) is 4.64. The third-order valence-electron chi connectivity index (χ3n) is 1.25. The summed E-state index contributed by atoms with van der Waals surface area (Å²) in [4.78, 5) is 10.7. The van der Waals surface area contributed by atoms with Crippen LogP contribution < -0.4 is 5.32 Å². The van der Waals surface area contributed by atoms with Crippen molar-refractivity contribution >= 4 is 6.09 Å². The first kappa shape index (κ1) is 13.8. The molecule has 0 aliphatic carbocycles. The van der Waals surface area contributed by atoms with Gasteiger partial charge in [0.05, 0.1) is 6.61 Å². The van der Waals surface area contributed by atoms with Crippen molar-refractivity contribution in [1.82, 2.24) is 5.32 Å². The molecule has 0 heterocycles. The highest BCUT2D eigenvalue weighted by Gasteiger charge is 2.03. The van der Waals surface area contributed by atoms with E-state index in [0.29, 0.717) is 6.61 Å². The number of alkyl carbamates (subject to hydrolysis) is 1. The number of amides is 1. The molecule has 1 unspecified atom stereocenters. The summed E-state index contributed by atoms with van der Waals surface area (Å²) in [6.45, 7) is 10.2. The number of nitrogens with one attached hydrogen (secondary N) is 1. The average Bonchev–Trinajstić information content (AvgIpc) is 2.08. The van der Waals surface area contributed by atoms with Gasteiger partial charge in [-0.2, -0.15) is 0 Å². The van der Waals surface area contributed by atoms with Crippen molar-refractivity contribution in [3.63, 3.8) is 0 Å². The lowest BCUT2D eigenvalue weighted by atomic mass is 10.3. The Morgan fingerprint density at radius 2 is 1.92 bits per heavy atom. The van der Waals surface area contributed by atoms with Crippen molar-refractivity contribution in [1.29, 1.82) is 0 Å². The van der Waals surface area contributed by atoms with E-state index in [1.165, 1.54) is 0 Å². The maximum Gasteiger partial charge on any atom is 0.407 e. The molecule has 0 aromatic heterocycles. The summed E-state index contributed by atoms with van der Waals surface area (Å²) in [6.07, 6.45) is 0.607. The second-order valence-electron chi connectivity index (χ2n) is 2.17. The van der Waals surface area contributed by atoms with E-state index < -0.39 is 0 Å². The van der Waals surface area contributed by atoms with E-state index >= 15 is 0 Å². The maximum atomic E-state index is 10.7. The van der Waals surface area contributed by atoms with E-state index in [1.54, 1.807) is 6.92 Å².